The molecule has 2 N–H and O–H groups in total. The minimum Gasteiger partial charge on any atom is -0.357 e. The first-order chi connectivity index (χ1) is 13.3. The minimum absolute atomic E-state index is 0. The predicted octanol–water partition coefficient (Wildman–Crippen LogP) is 3.97. The molecule has 0 atom stereocenters. The van der Waals surface area contributed by atoms with Crippen molar-refractivity contribution in [2.75, 3.05) is 19.1 Å². The van der Waals surface area contributed by atoms with Gasteiger partial charge in [0.15, 0.2) is 15.8 Å². The van der Waals surface area contributed by atoms with Crippen LogP contribution in [-0.2, 0) is 28.7 Å². The maximum Gasteiger partial charge on any atom is 0.191 e. The van der Waals surface area contributed by atoms with E-state index in [1.807, 2.05) is 13.2 Å². The second-order valence-corrected chi connectivity index (χ2v) is 9.19. The van der Waals surface area contributed by atoms with Gasteiger partial charge in [0.2, 0.25) is 0 Å². The number of guanidine groups is 1. The molecule has 0 unspecified atom stereocenters. The van der Waals surface area contributed by atoms with Crippen molar-refractivity contribution in [2.24, 2.45) is 4.99 Å². The Hall–Kier alpha value is -1.33. The third kappa shape index (κ3) is 8.51. The average molecular weight is 551 g/mol. The van der Waals surface area contributed by atoms with Gasteiger partial charge < -0.3 is 10.6 Å². The molecule has 29 heavy (non-hydrogen) atoms. The Labute approximate surface area is 193 Å². The predicted molar refractivity (Wildman–Crippen MR) is 130 cm³/mol. The van der Waals surface area contributed by atoms with Crippen molar-refractivity contribution in [2.45, 2.75) is 30.7 Å². The van der Waals surface area contributed by atoms with Crippen LogP contribution in [0, 0.1) is 5.82 Å². The molecule has 0 aromatic heterocycles. The van der Waals surface area contributed by atoms with E-state index in [1.165, 1.54) is 12.3 Å². The molecule has 0 aliphatic rings. The first kappa shape index (κ1) is 25.7. The number of nitrogens with one attached hydrogen (secondary N) is 2. The molecule has 2 aromatic rings. The van der Waals surface area contributed by atoms with Crippen molar-refractivity contribution in [3.63, 3.8) is 0 Å². The molecule has 0 aliphatic heterocycles. The molecule has 2 aromatic carbocycles. The summed E-state index contributed by atoms with van der Waals surface area (Å²) in [6.07, 6.45) is 3.18. The topological polar surface area (TPSA) is 70.6 Å². The average Bonchev–Trinajstić information content (AvgIpc) is 2.65. The third-order valence-electron chi connectivity index (χ3n) is 4.03. The molecular weight excluding hydrogens is 524 g/mol. The smallest absolute Gasteiger partial charge is 0.191 e. The van der Waals surface area contributed by atoms with Crippen LogP contribution in [0.25, 0.3) is 0 Å². The Balaban J connectivity index is 0.00000420. The molecule has 0 aliphatic carbocycles. The fourth-order valence-electron chi connectivity index (χ4n) is 2.59. The van der Waals surface area contributed by atoms with Crippen LogP contribution >= 0.6 is 35.7 Å². The van der Waals surface area contributed by atoms with Crippen LogP contribution in [-0.4, -0.2) is 33.4 Å². The van der Waals surface area contributed by atoms with Crippen molar-refractivity contribution in [3.8, 4) is 0 Å². The second kappa shape index (κ2) is 12.4. The molecule has 0 fully saturated rings. The van der Waals surface area contributed by atoms with Gasteiger partial charge in [0, 0.05) is 25.1 Å². The van der Waals surface area contributed by atoms with E-state index in [9.17, 15) is 12.8 Å². The number of thioether (sulfide) groups is 1. The molecule has 160 valence electrons. The van der Waals surface area contributed by atoms with E-state index in [-0.39, 0.29) is 29.8 Å². The lowest BCUT2D eigenvalue weighted by molar-refractivity contribution is 0.602. The number of aliphatic imine (C=N–C) groups is 1. The van der Waals surface area contributed by atoms with Crippen molar-refractivity contribution < 1.29 is 12.8 Å². The fraction of sp³-hybridized carbons (Fsp3) is 0.350. The number of hydrogen-bond donors (Lipinski definition) is 2. The fourth-order valence-corrected chi connectivity index (χ4v) is 3.80. The SMILES string of the molecule is CCNC(=NCc1ccc(S(C)(=O)=O)cc1)NCc1ccc(F)cc1CSC.I. The van der Waals surface area contributed by atoms with E-state index in [4.69, 9.17) is 0 Å². The number of rotatable bonds is 8. The monoisotopic (exact) mass is 551 g/mol. The van der Waals surface area contributed by atoms with E-state index in [0.717, 1.165) is 22.4 Å². The van der Waals surface area contributed by atoms with Crippen LogP contribution in [0.5, 0.6) is 0 Å². The van der Waals surface area contributed by atoms with Gasteiger partial charge in [-0.3, -0.25) is 0 Å². The second-order valence-electron chi connectivity index (χ2n) is 6.31. The van der Waals surface area contributed by atoms with Gasteiger partial charge in [-0.2, -0.15) is 11.8 Å². The molecule has 0 radical (unpaired) electrons. The first-order valence-electron chi connectivity index (χ1n) is 8.91. The normalized spacial score (nSPS) is 11.7. The van der Waals surface area contributed by atoms with Crippen LogP contribution in [0.15, 0.2) is 52.4 Å². The van der Waals surface area contributed by atoms with Crippen LogP contribution in [0.1, 0.15) is 23.6 Å². The lowest BCUT2D eigenvalue weighted by atomic mass is 10.1. The molecular formula is C20H27FIN3O2S2. The zero-order valence-electron chi connectivity index (χ0n) is 16.7. The Morgan fingerprint density at radius 1 is 1.10 bits per heavy atom. The van der Waals surface area contributed by atoms with Gasteiger partial charge in [-0.25, -0.2) is 17.8 Å². The number of nitrogens with zero attached hydrogens (tertiary/aromatic N) is 1. The van der Waals surface area contributed by atoms with Gasteiger partial charge in [-0.15, -0.1) is 24.0 Å². The molecule has 0 saturated heterocycles. The highest BCUT2D eigenvalue weighted by Crippen LogP contribution is 2.16. The summed E-state index contributed by atoms with van der Waals surface area (Å²) >= 11 is 1.65. The van der Waals surface area contributed by atoms with Crippen LogP contribution in [0.3, 0.4) is 0 Å². The van der Waals surface area contributed by atoms with Gasteiger partial charge in [-0.1, -0.05) is 18.2 Å². The van der Waals surface area contributed by atoms with E-state index in [0.29, 0.717) is 30.5 Å². The highest BCUT2D eigenvalue weighted by Gasteiger charge is 2.07. The molecule has 9 heteroatoms. The highest BCUT2D eigenvalue weighted by molar-refractivity contribution is 14.0. The van der Waals surface area contributed by atoms with Gasteiger partial charge in [0.25, 0.3) is 0 Å². The summed E-state index contributed by atoms with van der Waals surface area (Å²) in [5, 5.41) is 6.46. The highest BCUT2D eigenvalue weighted by atomic mass is 127. The van der Waals surface area contributed by atoms with Crippen molar-refractivity contribution >= 4 is 51.5 Å². The maximum absolute atomic E-state index is 13.5. The summed E-state index contributed by atoms with van der Waals surface area (Å²) in [4.78, 5) is 4.84. The number of hydrogen-bond acceptors (Lipinski definition) is 4. The Kier molecular flexibility index (Phi) is 11.0. The van der Waals surface area contributed by atoms with Crippen molar-refractivity contribution in [3.05, 3.63) is 65.0 Å². The number of sulfone groups is 1. The third-order valence-corrected chi connectivity index (χ3v) is 5.76. The standard InChI is InChI=1S/C20H26FN3O2S2.HI/c1-4-22-20(23-12-15-5-9-19(10-6-15)28(3,25)26)24-13-16-7-8-18(21)11-17(16)14-27-2;/h5-11H,4,12-14H2,1-3H3,(H2,22,23,24);1H. The summed E-state index contributed by atoms with van der Waals surface area (Å²) < 4.78 is 36.6. The van der Waals surface area contributed by atoms with Gasteiger partial charge in [0.05, 0.1) is 11.4 Å². The molecule has 0 amide bonds. The molecule has 0 saturated carbocycles. The summed E-state index contributed by atoms with van der Waals surface area (Å²) in [6, 6.07) is 11.5. The van der Waals surface area contributed by atoms with Gasteiger partial charge in [0.1, 0.15) is 5.82 Å². The zero-order chi connectivity index (χ0) is 20.6. The van der Waals surface area contributed by atoms with Crippen LogP contribution in [0.4, 0.5) is 4.39 Å². The maximum atomic E-state index is 13.5. The van der Waals surface area contributed by atoms with Crippen molar-refractivity contribution in [1.82, 2.24) is 10.6 Å². The zero-order valence-corrected chi connectivity index (χ0v) is 20.7. The molecule has 5 nitrogen and oxygen atoms in total. The molecule has 0 bridgehead atoms. The lowest BCUT2D eigenvalue weighted by Crippen LogP contribution is -2.37. The number of halogens is 2. The van der Waals surface area contributed by atoms with E-state index in [1.54, 1.807) is 48.2 Å². The number of benzene rings is 2. The quantitative estimate of drug-likeness (QED) is 0.295. The summed E-state index contributed by atoms with van der Waals surface area (Å²) in [7, 11) is -3.20. The minimum atomic E-state index is -3.20. The van der Waals surface area contributed by atoms with Crippen molar-refractivity contribution in [1.29, 1.82) is 0 Å². The largest absolute Gasteiger partial charge is 0.357 e. The van der Waals surface area contributed by atoms with E-state index in [2.05, 4.69) is 15.6 Å². The Morgan fingerprint density at radius 2 is 1.79 bits per heavy atom. The first-order valence-corrected chi connectivity index (χ1v) is 12.2. The summed E-state index contributed by atoms with van der Waals surface area (Å²) in [6.45, 7) is 3.64. The van der Waals surface area contributed by atoms with E-state index < -0.39 is 9.84 Å². The lowest BCUT2D eigenvalue weighted by Gasteiger charge is -2.14. The van der Waals surface area contributed by atoms with Crippen LogP contribution in [0.2, 0.25) is 0 Å². The van der Waals surface area contributed by atoms with Crippen LogP contribution < -0.4 is 10.6 Å². The molecule has 2 rings (SSSR count). The summed E-state index contributed by atoms with van der Waals surface area (Å²) in [5.41, 5.74) is 2.90. The summed E-state index contributed by atoms with van der Waals surface area (Å²) in [5.74, 6) is 1.16. The Morgan fingerprint density at radius 3 is 2.38 bits per heavy atom. The Bertz CT molecular complexity index is 920. The molecule has 0 spiro atoms. The molecule has 0 heterocycles. The van der Waals surface area contributed by atoms with Gasteiger partial charge >= 0.3 is 0 Å². The van der Waals surface area contributed by atoms with Gasteiger partial charge in [-0.05, 0) is 54.1 Å². The van der Waals surface area contributed by atoms with E-state index >= 15 is 0 Å².